The summed E-state index contributed by atoms with van der Waals surface area (Å²) in [4.78, 5) is 23.7. The number of methoxy groups -OCH3 is 2. The maximum atomic E-state index is 12.5. The average Bonchev–Trinajstić information content (AvgIpc) is 3.26. The molecule has 0 fully saturated rings. The minimum absolute atomic E-state index is 0.165. The monoisotopic (exact) mass is 480 g/mol. The fraction of sp³-hybridized carbons (Fsp3) is 0.231. The number of hydrogen-bond acceptors (Lipinski definition) is 5. The molecule has 7 nitrogen and oxygen atoms in total. The topological polar surface area (TPSA) is 85.9 Å². The van der Waals surface area contributed by atoms with Crippen molar-refractivity contribution in [2.24, 2.45) is 0 Å². The first kappa shape index (κ1) is 23.4. The molecular weight excluding hydrogens is 456 g/mol. The highest BCUT2D eigenvalue weighted by molar-refractivity contribution is 6.32. The molecule has 0 aliphatic carbocycles. The van der Waals surface area contributed by atoms with E-state index in [0.717, 1.165) is 22.4 Å². The number of fused-ring (bicyclic) bond motifs is 1. The molecule has 3 aromatic carbocycles. The molecule has 1 atom stereocenters. The van der Waals surface area contributed by atoms with Gasteiger partial charge < -0.3 is 24.8 Å². The van der Waals surface area contributed by atoms with Gasteiger partial charge in [-0.25, -0.2) is 0 Å². The predicted molar refractivity (Wildman–Crippen MR) is 131 cm³/mol. The second-order valence-corrected chi connectivity index (χ2v) is 8.33. The highest BCUT2D eigenvalue weighted by Crippen LogP contribution is 2.42. The summed E-state index contributed by atoms with van der Waals surface area (Å²) >= 11 is 6.55. The summed E-state index contributed by atoms with van der Waals surface area (Å²) in [6.45, 7) is 1.76. The average molecular weight is 481 g/mol. The molecule has 8 heteroatoms. The van der Waals surface area contributed by atoms with Crippen molar-refractivity contribution < 1.29 is 23.8 Å². The summed E-state index contributed by atoms with van der Waals surface area (Å²) < 4.78 is 16.9. The minimum Gasteiger partial charge on any atom is -0.497 e. The Morgan fingerprint density at radius 3 is 2.50 bits per heavy atom. The fourth-order valence-corrected chi connectivity index (χ4v) is 4.20. The SMILES string of the molecule is COc1ccc(OC)c(-c2cc(Cl)c3c(c2)C[C@H](CNC(=O)c2ccc(NC(C)=O)cc2)O3)c1. The Labute approximate surface area is 203 Å². The van der Waals surface area contributed by atoms with E-state index in [1.54, 1.807) is 38.5 Å². The molecule has 0 radical (unpaired) electrons. The van der Waals surface area contributed by atoms with Crippen LogP contribution in [0.25, 0.3) is 11.1 Å². The third-order valence-corrected chi connectivity index (χ3v) is 5.81. The van der Waals surface area contributed by atoms with E-state index in [4.69, 9.17) is 25.8 Å². The van der Waals surface area contributed by atoms with Gasteiger partial charge in [-0.05, 0) is 60.2 Å². The lowest BCUT2D eigenvalue weighted by molar-refractivity contribution is -0.114. The van der Waals surface area contributed by atoms with Crippen LogP contribution < -0.4 is 24.8 Å². The van der Waals surface area contributed by atoms with Gasteiger partial charge in [-0.15, -0.1) is 0 Å². The van der Waals surface area contributed by atoms with Crippen LogP contribution in [0, 0.1) is 0 Å². The molecule has 1 aliphatic heterocycles. The highest BCUT2D eigenvalue weighted by atomic mass is 35.5. The summed E-state index contributed by atoms with van der Waals surface area (Å²) in [6, 6.07) is 16.2. The van der Waals surface area contributed by atoms with Gasteiger partial charge in [0.2, 0.25) is 5.91 Å². The second-order valence-electron chi connectivity index (χ2n) is 7.93. The van der Waals surface area contributed by atoms with Crippen LogP contribution in [-0.4, -0.2) is 38.7 Å². The first-order valence-electron chi connectivity index (χ1n) is 10.7. The summed E-state index contributed by atoms with van der Waals surface area (Å²) in [6.07, 6.45) is 0.370. The van der Waals surface area contributed by atoms with E-state index < -0.39 is 0 Å². The van der Waals surface area contributed by atoms with Gasteiger partial charge in [0, 0.05) is 35.7 Å². The Kier molecular flexibility index (Phi) is 6.93. The number of rotatable bonds is 7. The van der Waals surface area contributed by atoms with Crippen molar-refractivity contribution in [2.75, 3.05) is 26.1 Å². The van der Waals surface area contributed by atoms with Gasteiger partial charge in [-0.3, -0.25) is 9.59 Å². The summed E-state index contributed by atoms with van der Waals surface area (Å²) in [5.74, 6) is 1.67. The zero-order valence-corrected chi connectivity index (χ0v) is 19.9. The third-order valence-electron chi connectivity index (χ3n) is 5.53. The number of benzene rings is 3. The number of amides is 2. The normalized spacial score (nSPS) is 14.1. The first-order valence-corrected chi connectivity index (χ1v) is 11.1. The number of carbonyl (C=O) groups excluding carboxylic acids is 2. The molecule has 0 bridgehead atoms. The van der Waals surface area contributed by atoms with E-state index in [1.165, 1.54) is 6.92 Å². The lowest BCUT2D eigenvalue weighted by atomic mass is 9.99. The highest BCUT2D eigenvalue weighted by Gasteiger charge is 2.27. The number of anilines is 1. The van der Waals surface area contributed by atoms with Crippen LogP contribution in [-0.2, 0) is 11.2 Å². The Morgan fingerprint density at radius 2 is 1.82 bits per heavy atom. The van der Waals surface area contributed by atoms with E-state index in [2.05, 4.69) is 10.6 Å². The van der Waals surface area contributed by atoms with Crippen molar-refractivity contribution in [3.8, 4) is 28.4 Å². The van der Waals surface area contributed by atoms with Crippen LogP contribution in [0.3, 0.4) is 0 Å². The molecule has 4 rings (SSSR count). The smallest absolute Gasteiger partial charge is 0.251 e. The van der Waals surface area contributed by atoms with Crippen LogP contribution in [0.4, 0.5) is 5.69 Å². The number of nitrogens with one attached hydrogen (secondary N) is 2. The van der Waals surface area contributed by atoms with Crippen molar-refractivity contribution >= 4 is 29.1 Å². The van der Waals surface area contributed by atoms with Crippen molar-refractivity contribution in [2.45, 2.75) is 19.4 Å². The zero-order chi connectivity index (χ0) is 24.2. The van der Waals surface area contributed by atoms with Gasteiger partial charge in [-0.1, -0.05) is 11.6 Å². The van der Waals surface area contributed by atoms with Crippen LogP contribution in [0.1, 0.15) is 22.8 Å². The summed E-state index contributed by atoms with van der Waals surface area (Å²) in [5, 5.41) is 6.08. The van der Waals surface area contributed by atoms with Crippen molar-refractivity contribution in [3.63, 3.8) is 0 Å². The summed E-state index contributed by atoms with van der Waals surface area (Å²) in [7, 11) is 3.24. The van der Waals surface area contributed by atoms with Crippen molar-refractivity contribution in [1.29, 1.82) is 0 Å². The van der Waals surface area contributed by atoms with Crippen LogP contribution in [0.15, 0.2) is 54.6 Å². The molecule has 3 aromatic rings. The van der Waals surface area contributed by atoms with E-state index in [0.29, 0.717) is 40.7 Å². The van der Waals surface area contributed by atoms with Gasteiger partial charge in [0.25, 0.3) is 5.91 Å². The number of carbonyl (C=O) groups is 2. The molecule has 0 spiro atoms. The Balaban J connectivity index is 1.44. The number of halogens is 1. The molecule has 0 saturated heterocycles. The van der Waals surface area contributed by atoms with Crippen LogP contribution in [0.5, 0.6) is 17.2 Å². The molecule has 2 amide bonds. The number of ether oxygens (including phenoxy) is 3. The Hall–Kier alpha value is -3.71. The Morgan fingerprint density at radius 1 is 1.06 bits per heavy atom. The first-order chi connectivity index (χ1) is 16.4. The quantitative estimate of drug-likeness (QED) is 0.511. The van der Waals surface area contributed by atoms with E-state index in [-0.39, 0.29) is 17.9 Å². The lowest BCUT2D eigenvalue weighted by Crippen LogP contribution is -2.34. The van der Waals surface area contributed by atoms with Gasteiger partial charge in [0.1, 0.15) is 23.4 Å². The fourth-order valence-electron chi connectivity index (χ4n) is 3.91. The molecule has 176 valence electrons. The third kappa shape index (κ3) is 5.10. The molecule has 1 heterocycles. The van der Waals surface area contributed by atoms with Gasteiger partial charge >= 0.3 is 0 Å². The molecule has 0 aromatic heterocycles. The Bertz CT molecular complexity index is 1230. The molecular formula is C26H25ClN2O5. The van der Waals surface area contributed by atoms with E-state index in [9.17, 15) is 9.59 Å². The maximum Gasteiger partial charge on any atom is 0.251 e. The summed E-state index contributed by atoms with van der Waals surface area (Å²) in [5.41, 5.74) is 3.86. The molecule has 1 aliphatic rings. The van der Waals surface area contributed by atoms with Crippen molar-refractivity contribution in [1.82, 2.24) is 5.32 Å². The van der Waals surface area contributed by atoms with Gasteiger partial charge in [0.15, 0.2) is 0 Å². The lowest BCUT2D eigenvalue weighted by Gasteiger charge is -2.13. The number of hydrogen-bond donors (Lipinski definition) is 2. The van der Waals surface area contributed by atoms with Crippen LogP contribution in [0.2, 0.25) is 5.02 Å². The largest absolute Gasteiger partial charge is 0.497 e. The minimum atomic E-state index is -0.238. The molecule has 0 unspecified atom stereocenters. The maximum absolute atomic E-state index is 12.5. The van der Waals surface area contributed by atoms with E-state index in [1.807, 2.05) is 30.3 Å². The zero-order valence-electron chi connectivity index (χ0n) is 19.1. The predicted octanol–water partition coefficient (Wildman–Crippen LogP) is 4.72. The van der Waals surface area contributed by atoms with E-state index >= 15 is 0 Å². The molecule has 34 heavy (non-hydrogen) atoms. The molecule has 2 N–H and O–H groups in total. The second kappa shape index (κ2) is 10.1. The van der Waals surface area contributed by atoms with Gasteiger partial charge in [0.05, 0.1) is 25.8 Å². The standard InChI is InChI=1S/C26H25ClN2O5/c1-15(30)29-19-6-4-16(5-7-19)26(31)28-14-21-11-18-10-17(12-23(27)25(18)34-21)22-13-20(32-2)8-9-24(22)33-3/h4-10,12-13,21H,11,14H2,1-3H3,(H,28,31)(H,29,30)/t21-/m1/s1. The molecule has 0 saturated carbocycles. The van der Waals surface area contributed by atoms with Gasteiger partial charge in [-0.2, -0.15) is 0 Å². The van der Waals surface area contributed by atoms with Crippen LogP contribution >= 0.6 is 11.6 Å². The van der Waals surface area contributed by atoms with Crippen molar-refractivity contribution in [3.05, 3.63) is 70.7 Å².